The van der Waals surface area contributed by atoms with Gasteiger partial charge in [0.1, 0.15) is 6.61 Å². The van der Waals surface area contributed by atoms with Gasteiger partial charge in [0.15, 0.2) is 6.40 Å². The first-order valence-electron chi connectivity index (χ1n) is 3.63. The highest BCUT2D eigenvalue weighted by atomic mass is 16.5. The van der Waals surface area contributed by atoms with Crippen molar-refractivity contribution in [2.24, 2.45) is 4.99 Å². The van der Waals surface area contributed by atoms with E-state index in [1.807, 2.05) is 0 Å². The topological polar surface area (TPSA) is 54.4 Å². The lowest BCUT2D eigenvalue weighted by Gasteiger charge is -1.76. The average molecular weight is 166 g/mol. The third-order valence-corrected chi connectivity index (χ3v) is 1.17. The fourth-order valence-electron chi connectivity index (χ4n) is 0.640. The van der Waals surface area contributed by atoms with E-state index in [1.54, 1.807) is 18.3 Å². The zero-order valence-corrected chi connectivity index (χ0v) is 6.56. The van der Waals surface area contributed by atoms with E-state index >= 15 is 0 Å². The Hall–Kier alpha value is -1.58. The van der Waals surface area contributed by atoms with Crippen LogP contribution in [-0.4, -0.2) is 24.5 Å². The molecule has 1 N–H and O–H groups in total. The van der Waals surface area contributed by atoms with Gasteiger partial charge >= 0.3 is 0 Å². The Morgan fingerprint density at radius 3 is 2.67 bits per heavy atom. The van der Waals surface area contributed by atoms with Crippen molar-refractivity contribution in [2.75, 3.05) is 13.2 Å². The van der Waals surface area contributed by atoms with Crippen LogP contribution in [0.4, 0.5) is 0 Å². The molecular weight excluding hydrogens is 156 g/mol. The number of hydrogen-bond donors (Lipinski definition) is 1. The Morgan fingerprint density at radius 1 is 1.50 bits per heavy atom. The van der Waals surface area contributed by atoms with Gasteiger partial charge < -0.3 is 9.72 Å². The molecule has 1 aromatic rings. The van der Waals surface area contributed by atoms with Crippen molar-refractivity contribution in [1.82, 2.24) is 4.98 Å². The van der Waals surface area contributed by atoms with Crippen molar-refractivity contribution in [3.63, 3.8) is 0 Å². The second-order valence-electron chi connectivity index (χ2n) is 2.11. The predicted molar refractivity (Wildman–Crippen MR) is 46.4 cm³/mol. The first-order valence-corrected chi connectivity index (χ1v) is 3.63. The number of rotatable bonds is 0. The van der Waals surface area contributed by atoms with Gasteiger partial charge in [-0.05, 0) is 6.07 Å². The molecule has 0 saturated heterocycles. The first kappa shape index (κ1) is 8.52. The lowest BCUT2D eigenvalue weighted by Crippen LogP contribution is -1.98. The number of nitrogens with zero attached hydrogens (tertiary/aromatic N) is 1. The monoisotopic (exact) mass is 166 g/mol. The van der Waals surface area contributed by atoms with Crippen LogP contribution >= 0.6 is 0 Å². The molecule has 4 nitrogen and oxygen atoms in total. The standard InChI is InChI=1S/C5H5NO.C3H5NO/c7-5-3-1-2-4-6-5;1-2-5-3-4-1/h1-4H,(H,6,7);3H,1-2H2. The van der Waals surface area contributed by atoms with E-state index in [9.17, 15) is 4.79 Å². The average Bonchev–Trinajstić information content (AvgIpc) is 2.62. The number of pyridine rings is 1. The summed E-state index contributed by atoms with van der Waals surface area (Å²) in [7, 11) is 0. The summed E-state index contributed by atoms with van der Waals surface area (Å²) >= 11 is 0. The highest BCUT2D eigenvalue weighted by molar-refractivity contribution is 5.47. The van der Waals surface area contributed by atoms with Gasteiger partial charge in [0.05, 0.1) is 6.54 Å². The van der Waals surface area contributed by atoms with Crippen LogP contribution in [0.15, 0.2) is 34.2 Å². The van der Waals surface area contributed by atoms with E-state index in [1.165, 1.54) is 12.5 Å². The number of aliphatic imine (C=N–C) groups is 1. The summed E-state index contributed by atoms with van der Waals surface area (Å²) in [6, 6.07) is 4.93. The smallest absolute Gasteiger partial charge is 0.247 e. The fraction of sp³-hybridized carbons (Fsp3) is 0.250. The van der Waals surface area contributed by atoms with Crippen LogP contribution in [0.1, 0.15) is 0 Å². The summed E-state index contributed by atoms with van der Waals surface area (Å²) in [5.74, 6) is 0. The molecule has 1 aliphatic heterocycles. The normalized spacial score (nSPS) is 13.0. The minimum atomic E-state index is -0.0532. The maximum absolute atomic E-state index is 10.2. The molecule has 2 rings (SSSR count). The summed E-state index contributed by atoms with van der Waals surface area (Å²) in [6.45, 7) is 1.62. The van der Waals surface area contributed by atoms with Crippen LogP contribution in [0.3, 0.4) is 0 Å². The van der Waals surface area contributed by atoms with Crippen molar-refractivity contribution in [2.45, 2.75) is 0 Å². The number of aromatic amines is 1. The Kier molecular flexibility index (Phi) is 3.63. The summed E-state index contributed by atoms with van der Waals surface area (Å²) < 4.78 is 4.65. The van der Waals surface area contributed by atoms with Gasteiger partial charge in [0, 0.05) is 12.3 Å². The molecule has 0 aliphatic carbocycles. The Labute approximate surface area is 69.9 Å². The van der Waals surface area contributed by atoms with Gasteiger partial charge in [-0.25, -0.2) is 0 Å². The molecule has 0 aromatic carbocycles. The molecule has 64 valence electrons. The maximum atomic E-state index is 10.2. The van der Waals surface area contributed by atoms with Gasteiger partial charge in [0.2, 0.25) is 5.56 Å². The molecule has 0 radical (unpaired) electrons. The van der Waals surface area contributed by atoms with Crippen LogP contribution in [0, 0.1) is 0 Å². The Bertz CT molecular complexity index is 270. The van der Waals surface area contributed by atoms with Gasteiger partial charge in [-0.1, -0.05) is 6.07 Å². The SMILES string of the molecule is C1=NCCO1.O=c1cccc[nH]1. The van der Waals surface area contributed by atoms with Crippen LogP contribution < -0.4 is 5.56 Å². The fourth-order valence-corrected chi connectivity index (χ4v) is 0.640. The molecule has 0 saturated carbocycles. The van der Waals surface area contributed by atoms with Crippen LogP contribution in [0.5, 0.6) is 0 Å². The van der Waals surface area contributed by atoms with Gasteiger partial charge in [-0.15, -0.1) is 0 Å². The van der Waals surface area contributed by atoms with Crippen molar-refractivity contribution < 1.29 is 4.74 Å². The summed E-state index contributed by atoms with van der Waals surface area (Å²) in [4.78, 5) is 16.4. The van der Waals surface area contributed by atoms with Crippen molar-refractivity contribution >= 4 is 6.40 Å². The van der Waals surface area contributed by atoms with E-state index in [0.717, 1.165) is 13.2 Å². The molecule has 1 aliphatic rings. The van der Waals surface area contributed by atoms with Gasteiger partial charge in [-0.3, -0.25) is 9.79 Å². The minimum absolute atomic E-state index is 0.0532. The Balaban J connectivity index is 0.000000127. The third-order valence-electron chi connectivity index (χ3n) is 1.17. The lowest BCUT2D eigenvalue weighted by atomic mass is 10.5. The molecule has 0 fully saturated rings. The second kappa shape index (κ2) is 5.12. The van der Waals surface area contributed by atoms with Gasteiger partial charge in [0.25, 0.3) is 0 Å². The maximum Gasteiger partial charge on any atom is 0.247 e. The van der Waals surface area contributed by atoms with E-state index in [-0.39, 0.29) is 5.56 Å². The van der Waals surface area contributed by atoms with Crippen molar-refractivity contribution in [3.8, 4) is 0 Å². The second-order valence-corrected chi connectivity index (χ2v) is 2.11. The highest BCUT2D eigenvalue weighted by Gasteiger charge is 1.84. The molecule has 0 amide bonds. The first-order chi connectivity index (χ1) is 5.89. The summed E-state index contributed by atoms with van der Waals surface area (Å²) in [5.41, 5.74) is -0.0532. The van der Waals surface area contributed by atoms with Crippen molar-refractivity contribution in [1.29, 1.82) is 0 Å². The Morgan fingerprint density at radius 2 is 2.42 bits per heavy atom. The highest BCUT2D eigenvalue weighted by Crippen LogP contribution is 1.78. The zero-order chi connectivity index (χ0) is 8.65. The van der Waals surface area contributed by atoms with E-state index in [2.05, 4.69) is 14.7 Å². The van der Waals surface area contributed by atoms with Gasteiger partial charge in [-0.2, -0.15) is 0 Å². The third kappa shape index (κ3) is 3.55. The number of H-pyrrole nitrogens is 1. The molecule has 0 spiro atoms. The molecule has 0 bridgehead atoms. The van der Waals surface area contributed by atoms with Crippen LogP contribution in [0.25, 0.3) is 0 Å². The molecule has 12 heavy (non-hydrogen) atoms. The molecule has 0 atom stereocenters. The van der Waals surface area contributed by atoms with E-state index in [0.29, 0.717) is 0 Å². The number of hydrogen-bond acceptors (Lipinski definition) is 3. The number of nitrogens with one attached hydrogen (secondary N) is 1. The molecule has 0 unspecified atom stereocenters. The lowest BCUT2D eigenvalue weighted by molar-refractivity contribution is 0.361. The zero-order valence-electron chi connectivity index (χ0n) is 6.56. The molecular formula is C8H10N2O2. The van der Waals surface area contributed by atoms with Crippen molar-refractivity contribution in [3.05, 3.63) is 34.7 Å². The van der Waals surface area contributed by atoms with E-state index in [4.69, 9.17) is 0 Å². The largest absolute Gasteiger partial charge is 0.482 e. The van der Waals surface area contributed by atoms with E-state index < -0.39 is 0 Å². The van der Waals surface area contributed by atoms with Crippen LogP contribution in [0.2, 0.25) is 0 Å². The summed E-state index contributed by atoms with van der Waals surface area (Å²) in [5, 5.41) is 0. The predicted octanol–water partition coefficient (Wildman–Crippen LogP) is 0.420. The quantitative estimate of drug-likeness (QED) is 0.607. The number of aromatic nitrogens is 1. The molecule has 2 heterocycles. The van der Waals surface area contributed by atoms with Crippen LogP contribution in [-0.2, 0) is 4.74 Å². The molecule has 4 heteroatoms. The number of ether oxygens (including phenoxy) is 1. The summed E-state index contributed by atoms with van der Waals surface area (Å²) in [6.07, 6.45) is 3.09. The molecule has 1 aromatic heterocycles. The minimum Gasteiger partial charge on any atom is -0.482 e.